The summed E-state index contributed by atoms with van der Waals surface area (Å²) in [6, 6.07) is 4.24. The summed E-state index contributed by atoms with van der Waals surface area (Å²) in [7, 11) is 1.80. The van der Waals surface area contributed by atoms with E-state index in [9.17, 15) is 4.79 Å². The monoisotopic (exact) mass is 446 g/mol. The molecule has 1 N–H and O–H groups in total. The van der Waals surface area contributed by atoms with Crippen LogP contribution in [-0.4, -0.2) is 59.9 Å². The fourth-order valence-electron chi connectivity index (χ4n) is 4.13. The van der Waals surface area contributed by atoms with Gasteiger partial charge in [-0.3, -0.25) is 14.5 Å². The minimum atomic E-state index is -0.348. The van der Waals surface area contributed by atoms with Crippen LogP contribution in [0, 0.1) is 0 Å². The van der Waals surface area contributed by atoms with Gasteiger partial charge in [-0.15, -0.1) is 5.10 Å². The van der Waals surface area contributed by atoms with Crippen LogP contribution in [0.15, 0.2) is 41.4 Å². The van der Waals surface area contributed by atoms with Crippen LogP contribution in [0.25, 0.3) is 22.2 Å². The molecule has 10 nitrogen and oxygen atoms in total. The maximum absolute atomic E-state index is 12.8. The predicted molar refractivity (Wildman–Crippen MR) is 123 cm³/mol. The lowest BCUT2D eigenvalue weighted by Crippen LogP contribution is -2.37. The zero-order chi connectivity index (χ0) is 22.9. The maximum atomic E-state index is 12.8. The van der Waals surface area contributed by atoms with E-state index in [0.29, 0.717) is 29.1 Å². The number of aryl methyl sites for hydroxylation is 1. The molecule has 0 radical (unpaired) electrons. The Morgan fingerprint density at radius 3 is 2.64 bits per heavy atom. The van der Waals surface area contributed by atoms with E-state index >= 15 is 0 Å². The lowest BCUT2D eigenvalue weighted by Gasteiger charge is -2.33. The molecule has 33 heavy (non-hydrogen) atoms. The first-order chi connectivity index (χ1) is 16.0. The Kier molecular flexibility index (Phi) is 5.59. The third-order valence-corrected chi connectivity index (χ3v) is 6.07. The van der Waals surface area contributed by atoms with Gasteiger partial charge in [0.1, 0.15) is 17.8 Å². The number of anilines is 1. The number of amides is 1. The van der Waals surface area contributed by atoms with Crippen LogP contribution in [0.3, 0.4) is 0 Å². The van der Waals surface area contributed by atoms with Gasteiger partial charge in [0, 0.05) is 36.8 Å². The van der Waals surface area contributed by atoms with Crippen LogP contribution in [0.2, 0.25) is 0 Å². The van der Waals surface area contributed by atoms with E-state index in [0.717, 1.165) is 36.7 Å². The number of nitrogens with one attached hydrogen (secondary N) is 1. The predicted octanol–water partition coefficient (Wildman–Crippen LogP) is 3.25. The van der Waals surface area contributed by atoms with Gasteiger partial charge < -0.3 is 14.6 Å². The number of fused-ring (bicyclic) bond motifs is 1. The maximum Gasteiger partial charge on any atom is 0.278 e. The van der Waals surface area contributed by atoms with E-state index in [2.05, 4.69) is 49.3 Å². The highest BCUT2D eigenvalue weighted by atomic mass is 16.3. The van der Waals surface area contributed by atoms with Crippen LogP contribution in [0.1, 0.15) is 49.0 Å². The second-order valence-corrected chi connectivity index (χ2v) is 8.69. The Morgan fingerprint density at radius 1 is 1.12 bits per heavy atom. The van der Waals surface area contributed by atoms with Gasteiger partial charge in [-0.2, -0.15) is 0 Å². The van der Waals surface area contributed by atoms with Crippen molar-refractivity contribution in [1.29, 1.82) is 0 Å². The van der Waals surface area contributed by atoms with Crippen molar-refractivity contribution in [2.45, 2.75) is 38.6 Å². The van der Waals surface area contributed by atoms with Crippen molar-refractivity contribution in [3.63, 3.8) is 0 Å². The normalized spacial score (nSPS) is 15.4. The molecule has 1 aliphatic rings. The molecular weight excluding hydrogens is 420 g/mol. The van der Waals surface area contributed by atoms with Gasteiger partial charge in [0.25, 0.3) is 5.91 Å². The zero-order valence-electron chi connectivity index (χ0n) is 18.9. The van der Waals surface area contributed by atoms with E-state index in [4.69, 9.17) is 4.42 Å². The van der Waals surface area contributed by atoms with Crippen LogP contribution in [0.5, 0.6) is 0 Å². The topological polar surface area (TPSA) is 115 Å². The summed E-state index contributed by atoms with van der Waals surface area (Å²) >= 11 is 0. The Morgan fingerprint density at radius 2 is 1.91 bits per heavy atom. The third-order valence-electron chi connectivity index (χ3n) is 6.07. The summed E-state index contributed by atoms with van der Waals surface area (Å²) in [5, 5.41) is 12.6. The van der Waals surface area contributed by atoms with E-state index < -0.39 is 0 Å². The van der Waals surface area contributed by atoms with Gasteiger partial charge in [0.2, 0.25) is 0 Å². The van der Waals surface area contributed by atoms with Crippen LogP contribution in [-0.2, 0) is 7.05 Å². The van der Waals surface area contributed by atoms with Gasteiger partial charge in [-0.1, -0.05) is 5.21 Å². The highest BCUT2D eigenvalue weighted by molar-refractivity contribution is 6.03. The Bertz CT molecular complexity index is 1290. The SMILES string of the molecule is CC(C)N1CCC(c2nc(C(=O)Nc3cc4cc(-c5cn(C)nn5)ncc4cn3)co2)CC1. The average molecular weight is 447 g/mol. The van der Waals surface area contributed by atoms with Crippen LogP contribution < -0.4 is 5.32 Å². The molecule has 0 bridgehead atoms. The summed E-state index contributed by atoms with van der Waals surface area (Å²) in [5.74, 6) is 0.959. The van der Waals surface area contributed by atoms with E-state index in [-0.39, 0.29) is 17.5 Å². The number of carbonyl (C=O) groups excluding carboxylic acids is 1. The van der Waals surface area contributed by atoms with Gasteiger partial charge in [0.05, 0.1) is 11.9 Å². The lowest BCUT2D eigenvalue weighted by molar-refractivity contribution is 0.102. The first kappa shape index (κ1) is 21.2. The summed E-state index contributed by atoms with van der Waals surface area (Å²) in [6.45, 7) is 6.45. The van der Waals surface area contributed by atoms with Gasteiger partial charge in [-0.25, -0.2) is 9.97 Å². The number of nitrogens with zero attached hydrogens (tertiary/aromatic N) is 7. The Labute approximate surface area is 191 Å². The molecule has 0 unspecified atom stereocenters. The molecular formula is C23H26N8O2. The van der Waals surface area contributed by atoms with Gasteiger partial charge in [-0.05, 0) is 57.3 Å². The van der Waals surface area contributed by atoms with E-state index in [1.807, 2.05) is 6.07 Å². The highest BCUT2D eigenvalue weighted by Crippen LogP contribution is 2.28. The van der Waals surface area contributed by atoms with Crippen molar-refractivity contribution in [3.8, 4) is 11.4 Å². The number of piperidine rings is 1. The largest absolute Gasteiger partial charge is 0.448 e. The highest BCUT2D eigenvalue weighted by Gasteiger charge is 2.26. The fraction of sp³-hybridized carbons (Fsp3) is 0.391. The average Bonchev–Trinajstić information content (AvgIpc) is 3.48. The first-order valence-electron chi connectivity index (χ1n) is 11.1. The van der Waals surface area contributed by atoms with Crippen LogP contribution in [0.4, 0.5) is 5.82 Å². The molecule has 5 heterocycles. The fourth-order valence-corrected chi connectivity index (χ4v) is 4.13. The Balaban J connectivity index is 1.29. The molecule has 4 aromatic heterocycles. The molecule has 0 saturated carbocycles. The molecule has 4 aromatic rings. The lowest BCUT2D eigenvalue weighted by atomic mass is 9.96. The number of oxazole rings is 1. The second-order valence-electron chi connectivity index (χ2n) is 8.69. The minimum absolute atomic E-state index is 0.243. The van der Waals surface area contributed by atoms with Crippen molar-refractivity contribution in [2.24, 2.45) is 7.05 Å². The Hall–Kier alpha value is -3.66. The number of carbonyl (C=O) groups is 1. The zero-order valence-corrected chi connectivity index (χ0v) is 18.9. The third kappa shape index (κ3) is 4.47. The number of pyridine rings is 2. The minimum Gasteiger partial charge on any atom is -0.448 e. The number of rotatable bonds is 5. The molecule has 5 rings (SSSR count). The number of aromatic nitrogens is 6. The molecule has 170 valence electrons. The summed E-state index contributed by atoms with van der Waals surface area (Å²) in [5.41, 5.74) is 1.63. The van der Waals surface area contributed by atoms with Gasteiger partial charge >= 0.3 is 0 Å². The van der Waals surface area contributed by atoms with Crippen molar-refractivity contribution >= 4 is 22.5 Å². The molecule has 0 atom stereocenters. The molecule has 0 aliphatic carbocycles. The molecule has 0 aromatic carbocycles. The quantitative estimate of drug-likeness (QED) is 0.497. The number of hydrogen-bond donors (Lipinski definition) is 1. The molecule has 10 heteroatoms. The molecule has 1 aliphatic heterocycles. The number of hydrogen-bond acceptors (Lipinski definition) is 8. The van der Waals surface area contributed by atoms with Crippen molar-refractivity contribution in [3.05, 3.63) is 48.6 Å². The molecule has 0 spiro atoms. The van der Waals surface area contributed by atoms with Crippen molar-refractivity contribution in [1.82, 2.24) is 34.8 Å². The first-order valence-corrected chi connectivity index (χ1v) is 11.1. The van der Waals surface area contributed by atoms with Crippen molar-refractivity contribution in [2.75, 3.05) is 18.4 Å². The summed E-state index contributed by atoms with van der Waals surface area (Å²) in [4.78, 5) is 28.4. The van der Waals surface area contributed by atoms with E-state index in [1.54, 1.807) is 36.4 Å². The van der Waals surface area contributed by atoms with Crippen LogP contribution >= 0.6 is 0 Å². The van der Waals surface area contributed by atoms with E-state index in [1.165, 1.54) is 6.26 Å². The number of likely N-dealkylation sites (tertiary alicyclic amines) is 1. The second kappa shape index (κ2) is 8.70. The molecule has 1 saturated heterocycles. The smallest absolute Gasteiger partial charge is 0.278 e. The van der Waals surface area contributed by atoms with Crippen molar-refractivity contribution < 1.29 is 9.21 Å². The molecule has 1 amide bonds. The molecule has 1 fully saturated rings. The summed E-state index contributed by atoms with van der Waals surface area (Å²) < 4.78 is 7.29. The van der Waals surface area contributed by atoms with Gasteiger partial charge in [0.15, 0.2) is 11.6 Å². The standard InChI is InChI=1S/C23H26N8O2/c1-14(2)31-6-4-15(5-7-31)23-26-20(13-33-23)22(32)27-21-9-16-8-18(19-12-30(3)29-28-19)24-10-17(16)11-25-21/h8-15H,4-7H2,1-3H3,(H,25,27,32). The summed E-state index contributed by atoms with van der Waals surface area (Å²) in [6.07, 6.45) is 8.59.